The molecule has 1 aliphatic carbocycles. The summed E-state index contributed by atoms with van der Waals surface area (Å²) < 4.78 is 13.2. The minimum atomic E-state index is -0.699. The third-order valence-electron chi connectivity index (χ3n) is 6.47. The number of halogens is 1. The van der Waals surface area contributed by atoms with E-state index in [4.69, 9.17) is 14.5 Å². The molecule has 0 radical (unpaired) electrons. The number of rotatable bonds is 5. The zero-order chi connectivity index (χ0) is 24.7. The molecule has 2 aromatic carbocycles. The van der Waals surface area contributed by atoms with Crippen LogP contribution in [-0.2, 0) is 9.59 Å². The topological polar surface area (TPSA) is 89.9 Å². The Kier molecular flexibility index (Phi) is 6.46. The Morgan fingerprint density at radius 2 is 2.00 bits per heavy atom. The maximum atomic E-state index is 13.8. The molecule has 0 saturated carbocycles. The van der Waals surface area contributed by atoms with E-state index in [1.165, 1.54) is 11.3 Å². The minimum Gasteiger partial charge on any atom is -0.493 e. The molecule has 2 heterocycles. The van der Waals surface area contributed by atoms with Gasteiger partial charge in [0.1, 0.15) is 0 Å². The van der Waals surface area contributed by atoms with E-state index in [9.17, 15) is 9.59 Å². The van der Waals surface area contributed by atoms with Crippen molar-refractivity contribution in [3.63, 3.8) is 0 Å². The van der Waals surface area contributed by atoms with Gasteiger partial charge in [-0.25, -0.2) is 4.98 Å². The summed E-state index contributed by atoms with van der Waals surface area (Å²) in [5.74, 6) is -0.405. The molecule has 9 heteroatoms. The van der Waals surface area contributed by atoms with Crippen LogP contribution in [-0.4, -0.2) is 36.6 Å². The Morgan fingerprint density at radius 1 is 1.17 bits per heavy atom. The number of carbonyl (C=O) groups excluding carboxylic acids is 2. The summed E-state index contributed by atoms with van der Waals surface area (Å²) in [6.07, 6.45) is 1.91. The number of thiazole rings is 1. The van der Waals surface area contributed by atoms with Crippen LogP contribution in [0.5, 0.6) is 11.5 Å². The van der Waals surface area contributed by atoms with E-state index in [1.54, 1.807) is 20.3 Å². The summed E-state index contributed by atoms with van der Waals surface area (Å²) >= 11 is 4.88. The standard InChI is InChI=1S/C26H24BrN3O4S/c1-13-21(25(32)30-26-29-16-11-10-14(27)12-20(16)35-26)22(23-17(28-13)7-5-8-18(23)31)15-6-4-9-19(33-2)24(15)34-3/h4,6,9-12,21-22H,5,7-8H2,1-3H3,(H,29,30,32)/t21?,22-/m1/s1. The molecule has 2 atom stereocenters. The van der Waals surface area contributed by atoms with Crippen molar-refractivity contribution in [2.24, 2.45) is 10.9 Å². The molecule has 1 aromatic heterocycles. The fourth-order valence-electron chi connectivity index (χ4n) is 4.97. The molecule has 0 saturated heterocycles. The smallest absolute Gasteiger partial charge is 0.235 e. The van der Waals surface area contributed by atoms with Crippen LogP contribution in [0.2, 0.25) is 0 Å². The van der Waals surface area contributed by atoms with Gasteiger partial charge in [-0.1, -0.05) is 39.4 Å². The second kappa shape index (κ2) is 9.54. The number of nitrogens with one attached hydrogen (secondary N) is 1. The van der Waals surface area contributed by atoms with Crippen molar-refractivity contribution in [2.45, 2.75) is 32.1 Å². The Hall–Kier alpha value is -3.04. The van der Waals surface area contributed by atoms with Gasteiger partial charge < -0.3 is 14.8 Å². The molecule has 0 fully saturated rings. The lowest BCUT2D eigenvalue weighted by Crippen LogP contribution is -2.39. The number of carbonyl (C=O) groups is 2. The number of anilines is 1. The number of hydrogen-bond donors (Lipinski definition) is 1. The molecule has 1 aliphatic heterocycles. The molecule has 3 aromatic rings. The molecule has 1 amide bonds. The number of aromatic nitrogens is 1. The van der Waals surface area contributed by atoms with Crippen molar-refractivity contribution >= 4 is 60.0 Å². The molecule has 5 rings (SSSR count). The van der Waals surface area contributed by atoms with Crippen LogP contribution in [0.1, 0.15) is 37.7 Å². The molecule has 7 nitrogen and oxygen atoms in total. The summed E-state index contributed by atoms with van der Waals surface area (Å²) in [6.45, 7) is 1.85. The van der Waals surface area contributed by atoms with Crippen molar-refractivity contribution < 1.29 is 19.1 Å². The number of Topliss-reactive ketones (excluding diaryl/α,β-unsaturated/α-hetero) is 1. The van der Waals surface area contributed by atoms with Gasteiger partial charge in [0.15, 0.2) is 22.4 Å². The van der Waals surface area contributed by atoms with Crippen LogP contribution in [0.3, 0.4) is 0 Å². The number of amides is 1. The first kappa shape index (κ1) is 23.7. The SMILES string of the molecule is COc1cccc([C@H]2C3=C(CCCC3=O)N=C(C)C2C(=O)Nc2nc3ccc(Br)cc3s2)c1OC. The molecular weight excluding hydrogens is 530 g/mol. The van der Waals surface area contributed by atoms with Gasteiger partial charge in [0.25, 0.3) is 0 Å². The molecule has 2 aliphatic rings. The number of hydrogen-bond acceptors (Lipinski definition) is 7. The third kappa shape index (κ3) is 4.27. The predicted octanol–water partition coefficient (Wildman–Crippen LogP) is 5.90. The quantitative estimate of drug-likeness (QED) is 0.425. The zero-order valence-electron chi connectivity index (χ0n) is 19.6. The number of aliphatic imine (C=N–C) groups is 1. The number of fused-ring (bicyclic) bond motifs is 1. The highest BCUT2D eigenvalue weighted by atomic mass is 79.9. The molecule has 35 heavy (non-hydrogen) atoms. The fraction of sp³-hybridized carbons (Fsp3) is 0.308. The summed E-state index contributed by atoms with van der Waals surface area (Å²) in [5, 5.41) is 3.50. The van der Waals surface area contributed by atoms with Crippen molar-refractivity contribution in [3.8, 4) is 11.5 Å². The Morgan fingerprint density at radius 3 is 2.77 bits per heavy atom. The highest BCUT2D eigenvalue weighted by Gasteiger charge is 2.44. The molecular formula is C26H24BrN3O4S. The van der Waals surface area contributed by atoms with Gasteiger partial charge >= 0.3 is 0 Å². The average molecular weight is 554 g/mol. The van der Waals surface area contributed by atoms with Crippen LogP contribution in [0.4, 0.5) is 5.13 Å². The first-order valence-corrected chi connectivity index (χ1v) is 12.9. The van der Waals surface area contributed by atoms with Crippen LogP contribution < -0.4 is 14.8 Å². The van der Waals surface area contributed by atoms with Gasteiger partial charge in [-0.2, -0.15) is 0 Å². The van der Waals surface area contributed by atoms with E-state index in [0.29, 0.717) is 40.8 Å². The largest absolute Gasteiger partial charge is 0.493 e. The predicted molar refractivity (Wildman–Crippen MR) is 141 cm³/mol. The highest BCUT2D eigenvalue weighted by molar-refractivity contribution is 9.10. The second-order valence-electron chi connectivity index (χ2n) is 8.55. The van der Waals surface area contributed by atoms with Gasteiger partial charge in [-0.15, -0.1) is 0 Å². The Labute approximate surface area is 215 Å². The fourth-order valence-corrected chi connectivity index (χ4v) is 6.39. The number of ether oxygens (including phenoxy) is 2. The lowest BCUT2D eigenvalue weighted by Gasteiger charge is -2.35. The maximum absolute atomic E-state index is 13.8. The number of nitrogens with zero attached hydrogens (tertiary/aromatic N) is 2. The van der Waals surface area contributed by atoms with E-state index in [0.717, 1.165) is 32.4 Å². The van der Waals surface area contributed by atoms with E-state index in [1.807, 2.05) is 37.3 Å². The second-order valence-corrected chi connectivity index (χ2v) is 10.5. The monoisotopic (exact) mass is 553 g/mol. The normalized spacial score (nSPS) is 19.9. The van der Waals surface area contributed by atoms with E-state index < -0.39 is 11.8 Å². The van der Waals surface area contributed by atoms with E-state index in [-0.39, 0.29) is 11.7 Å². The molecule has 0 bridgehead atoms. The summed E-state index contributed by atoms with van der Waals surface area (Å²) in [4.78, 5) is 36.3. The number of para-hydroxylation sites is 1. The number of allylic oxidation sites excluding steroid dienone is 2. The van der Waals surface area contributed by atoms with Crippen molar-refractivity contribution in [2.75, 3.05) is 19.5 Å². The van der Waals surface area contributed by atoms with Crippen LogP contribution in [0, 0.1) is 5.92 Å². The highest BCUT2D eigenvalue weighted by Crippen LogP contribution is 2.48. The van der Waals surface area contributed by atoms with Gasteiger partial charge in [-0.3, -0.25) is 14.6 Å². The summed E-state index contributed by atoms with van der Waals surface area (Å²) in [6, 6.07) is 11.3. The van der Waals surface area contributed by atoms with Crippen molar-refractivity contribution in [1.82, 2.24) is 4.98 Å². The molecule has 180 valence electrons. The first-order chi connectivity index (χ1) is 16.9. The van der Waals surface area contributed by atoms with Gasteiger partial charge in [0, 0.05) is 39.4 Å². The van der Waals surface area contributed by atoms with Crippen LogP contribution >= 0.6 is 27.3 Å². The van der Waals surface area contributed by atoms with Gasteiger partial charge in [-0.05, 0) is 44.0 Å². The van der Waals surface area contributed by atoms with Gasteiger partial charge in [0.2, 0.25) is 5.91 Å². The third-order valence-corrected chi connectivity index (χ3v) is 7.89. The van der Waals surface area contributed by atoms with Crippen LogP contribution in [0.25, 0.3) is 10.2 Å². The summed E-state index contributed by atoms with van der Waals surface area (Å²) in [5.41, 5.74) is 3.57. The minimum absolute atomic E-state index is 0.0278. The lowest BCUT2D eigenvalue weighted by molar-refractivity contribution is -0.119. The zero-order valence-corrected chi connectivity index (χ0v) is 22.0. The maximum Gasteiger partial charge on any atom is 0.235 e. The molecule has 1 unspecified atom stereocenters. The molecule has 0 spiro atoms. The first-order valence-electron chi connectivity index (χ1n) is 11.3. The summed E-state index contributed by atoms with van der Waals surface area (Å²) in [7, 11) is 3.14. The van der Waals surface area contributed by atoms with Crippen LogP contribution in [0.15, 0.2) is 57.1 Å². The number of methoxy groups -OCH3 is 2. The van der Waals surface area contributed by atoms with Crippen molar-refractivity contribution in [1.29, 1.82) is 0 Å². The van der Waals surface area contributed by atoms with E-state index in [2.05, 4.69) is 26.2 Å². The Bertz CT molecular complexity index is 1410. The number of benzene rings is 2. The lowest BCUT2D eigenvalue weighted by atomic mass is 9.71. The number of ketones is 1. The van der Waals surface area contributed by atoms with E-state index >= 15 is 0 Å². The average Bonchev–Trinajstić information content (AvgIpc) is 3.23. The molecule has 1 N–H and O–H groups in total. The van der Waals surface area contributed by atoms with Gasteiger partial charge in [0.05, 0.1) is 30.4 Å². The van der Waals surface area contributed by atoms with Crippen molar-refractivity contribution in [3.05, 3.63) is 57.7 Å². The Balaban J connectivity index is 1.60.